The molecule has 4 nitrogen and oxygen atoms in total. The molecule has 0 aliphatic heterocycles. The SMILES string of the molecule is CCc1nc(-c2ccccc2OCc2c(F)cccc2Cl)sc1C(=O)O. The van der Waals surface area contributed by atoms with E-state index in [1.165, 1.54) is 12.1 Å². The minimum Gasteiger partial charge on any atom is -0.488 e. The van der Waals surface area contributed by atoms with Gasteiger partial charge in [0.25, 0.3) is 0 Å². The van der Waals surface area contributed by atoms with Crippen LogP contribution in [0.3, 0.4) is 0 Å². The van der Waals surface area contributed by atoms with E-state index in [2.05, 4.69) is 4.98 Å². The van der Waals surface area contributed by atoms with Gasteiger partial charge >= 0.3 is 5.97 Å². The van der Waals surface area contributed by atoms with Crippen molar-refractivity contribution >= 4 is 28.9 Å². The number of aromatic carboxylic acids is 1. The zero-order valence-corrected chi connectivity index (χ0v) is 15.4. The van der Waals surface area contributed by atoms with E-state index in [0.29, 0.717) is 28.4 Å². The van der Waals surface area contributed by atoms with E-state index in [1.807, 2.05) is 13.0 Å². The number of carboxylic acids is 1. The molecule has 134 valence electrons. The molecule has 3 aromatic rings. The van der Waals surface area contributed by atoms with Gasteiger partial charge in [-0.15, -0.1) is 11.3 Å². The molecule has 0 fully saturated rings. The molecule has 0 amide bonds. The summed E-state index contributed by atoms with van der Waals surface area (Å²) in [5, 5.41) is 10.2. The van der Waals surface area contributed by atoms with Gasteiger partial charge in [0.2, 0.25) is 0 Å². The first-order valence-electron chi connectivity index (χ1n) is 7.89. The quantitative estimate of drug-likeness (QED) is 0.607. The molecule has 2 aromatic carbocycles. The Morgan fingerprint density at radius 1 is 1.27 bits per heavy atom. The van der Waals surface area contributed by atoms with E-state index in [-0.39, 0.29) is 22.1 Å². The van der Waals surface area contributed by atoms with Gasteiger partial charge in [0, 0.05) is 5.56 Å². The molecule has 1 heterocycles. The highest BCUT2D eigenvalue weighted by Gasteiger charge is 2.19. The lowest BCUT2D eigenvalue weighted by molar-refractivity contribution is 0.0701. The highest BCUT2D eigenvalue weighted by Crippen LogP contribution is 2.35. The monoisotopic (exact) mass is 391 g/mol. The first-order valence-corrected chi connectivity index (χ1v) is 9.08. The molecule has 1 aromatic heterocycles. The number of ether oxygens (including phenoxy) is 1. The molecular formula is C19H15ClFNO3S. The summed E-state index contributed by atoms with van der Waals surface area (Å²) in [6, 6.07) is 11.6. The standard InChI is InChI=1S/C19H15ClFNO3S/c1-2-15-17(19(23)24)26-18(22-15)11-6-3-4-9-16(11)25-10-12-13(20)7-5-8-14(12)21/h3-9H,2,10H2,1H3,(H,23,24). The molecule has 0 spiro atoms. The maximum absolute atomic E-state index is 13.9. The van der Waals surface area contributed by atoms with Crippen LogP contribution in [0, 0.1) is 5.82 Å². The number of nitrogens with zero attached hydrogens (tertiary/aromatic N) is 1. The highest BCUT2D eigenvalue weighted by atomic mass is 35.5. The Kier molecular flexibility index (Phi) is 5.54. The Hall–Kier alpha value is -2.44. The molecule has 26 heavy (non-hydrogen) atoms. The fourth-order valence-electron chi connectivity index (χ4n) is 2.46. The Bertz CT molecular complexity index is 937. The molecule has 0 radical (unpaired) electrons. The summed E-state index contributed by atoms with van der Waals surface area (Å²) in [6.45, 7) is 1.81. The van der Waals surface area contributed by atoms with E-state index < -0.39 is 11.8 Å². The summed E-state index contributed by atoms with van der Waals surface area (Å²) in [5.74, 6) is -0.951. The molecule has 0 unspecified atom stereocenters. The van der Waals surface area contributed by atoms with Crippen molar-refractivity contribution in [3.05, 3.63) is 69.4 Å². The third-order valence-corrected chi connectivity index (χ3v) is 5.25. The number of carbonyl (C=O) groups is 1. The largest absolute Gasteiger partial charge is 0.488 e. The maximum atomic E-state index is 13.9. The maximum Gasteiger partial charge on any atom is 0.347 e. The molecule has 0 aliphatic rings. The van der Waals surface area contributed by atoms with Gasteiger partial charge in [-0.2, -0.15) is 0 Å². The van der Waals surface area contributed by atoms with Crippen LogP contribution >= 0.6 is 22.9 Å². The number of aryl methyl sites for hydroxylation is 1. The fraction of sp³-hybridized carbons (Fsp3) is 0.158. The second-order valence-corrected chi connectivity index (χ2v) is 6.84. The summed E-state index contributed by atoms with van der Waals surface area (Å²) < 4.78 is 19.7. The van der Waals surface area contributed by atoms with Crippen LogP contribution in [0.4, 0.5) is 4.39 Å². The van der Waals surface area contributed by atoms with Crippen LogP contribution < -0.4 is 4.74 Å². The Balaban J connectivity index is 1.93. The smallest absolute Gasteiger partial charge is 0.347 e. The van der Waals surface area contributed by atoms with Crippen LogP contribution in [0.1, 0.15) is 27.9 Å². The van der Waals surface area contributed by atoms with Gasteiger partial charge in [0.05, 0.1) is 16.3 Å². The first-order chi connectivity index (χ1) is 12.5. The van der Waals surface area contributed by atoms with Gasteiger partial charge in [-0.3, -0.25) is 0 Å². The van der Waals surface area contributed by atoms with Gasteiger partial charge in [-0.1, -0.05) is 36.7 Å². The van der Waals surface area contributed by atoms with Crippen LogP contribution in [0.15, 0.2) is 42.5 Å². The average molecular weight is 392 g/mol. The zero-order chi connectivity index (χ0) is 18.7. The second kappa shape index (κ2) is 7.85. The van der Waals surface area contributed by atoms with Crippen molar-refractivity contribution < 1.29 is 19.0 Å². The summed E-state index contributed by atoms with van der Waals surface area (Å²) >= 11 is 7.13. The zero-order valence-electron chi connectivity index (χ0n) is 13.8. The van der Waals surface area contributed by atoms with Gasteiger partial charge in [0.15, 0.2) is 0 Å². The third-order valence-electron chi connectivity index (χ3n) is 3.78. The lowest BCUT2D eigenvalue weighted by Crippen LogP contribution is -2.00. The molecule has 3 rings (SSSR count). The van der Waals surface area contributed by atoms with E-state index in [1.54, 1.807) is 24.3 Å². The van der Waals surface area contributed by atoms with Crippen LogP contribution in [0.25, 0.3) is 10.6 Å². The molecule has 0 atom stereocenters. The number of rotatable bonds is 6. The van der Waals surface area contributed by atoms with Crippen molar-refractivity contribution in [1.82, 2.24) is 4.98 Å². The minimum atomic E-state index is -0.998. The predicted octanol–water partition coefficient (Wildman–Crippen LogP) is 5.44. The summed E-state index contributed by atoms with van der Waals surface area (Å²) in [6.07, 6.45) is 0.520. The topological polar surface area (TPSA) is 59.4 Å². The van der Waals surface area contributed by atoms with Gasteiger partial charge in [-0.25, -0.2) is 14.2 Å². The molecular weight excluding hydrogens is 377 g/mol. The molecule has 0 saturated carbocycles. The summed E-state index contributed by atoms with van der Waals surface area (Å²) in [5.41, 5.74) is 1.46. The normalized spacial score (nSPS) is 10.7. The van der Waals surface area contributed by atoms with Crippen molar-refractivity contribution in [1.29, 1.82) is 0 Å². The van der Waals surface area contributed by atoms with Crippen LogP contribution in [0.5, 0.6) is 5.75 Å². The molecule has 1 N–H and O–H groups in total. The van der Waals surface area contributed by atoms with Gasteiger partial charge < -0.3 is 9.84 Å². The lowest BCUT2D eigenvalue weighted by Gasteiger charge is -2.11. The Morgan fingerprint density at radius 3 is 2.69 bits per heavy atom. The summed E-state index contributed by atoms with van der Waals surface area (Å²) in [7, 11) is 0. The number of hydrogen-bond acceptors (Lipinski definition) is 4. The molecule has 0 bridgehead atoms. The van der Waals surface area contributed by atoms with E-state index in [9.17, 15) is 14.3 Å². The number of halogens is 2. The fourth-order valence-corrected chi connectivity index (χ4v) is 3.70. The first kappa shape index (κ1) is 18.4. The van der Waals surface area contributed by atoms with Crippen LogP contribution in [0.2, 0.25) is 5.02 Å². The number of para-hydroxylation sites is 1. The average Bonchev–Trinajstić information content (AvgIpc) is 3.06. The number of carboxylic acid groups (broad SMARTS) is 1. The Morgan fingerprint density at radius 2 is 2.04 bits per heavy atom. The van der Waals surface area contributed by atoms with Crippen LogP contribution in [-0.4, -0.2) is 16.1 Å². The lowest BCUT2D eigenvalue weighted by atomic mass is 10.2. The van der Waals surface area contributed by atoms with E-state index in [4.69, 9.17) is 16.3 Å². The number of aromatic nitrogens is 1. The predicted molar refractivity (Wildman–Crippen MR) is 99.6 cm³/mol. The molecule has 0 aliphatic carbocycles. The summed E-state index contributed by atoms with van der Waals surface area (Å²) in [4.78, 5) is 16.0. The highest BCUT2D eigenvalue weighted by molar-refractivity contribution is 7.17. The Labute approximate surface area is 158 Å². The van der Waals surface area contributed by atoms with Crippen molar-refractivity contribution in [2.24, 2.45) is 0 Å². The minimum absolute atomic E-state index is 0.0414. The third kappa shape index (κ3) is 3.71. The van der Waals surface area contributed by atoms with Crippen molar-refractivity contribution in [3.63, 3.8) is 0 Å². The van der Waals surface area contributed by atoms with Crippen molar-refractivity contribution in [2.75, 3.05) is 0 Å². The van der Waals surface area contributed by atoms with Crippen molar-refractivity contribution in [3.8, 4) is 16.3 Å². The van der Waals surface area contributed by atoms with E-state index in [0.717, 1.165) is 11.3 Å². The van der Waals surface area contributed by atoms with Gasteiger partial charge in [0.1, 0.15) is 28.1 Å². The second-order valence-electron chi connectivity index (χ2n) is 5.44. The molecule has 0 saturated heterocycles. The molecule has 7 heteroatoms. The number of benzene rings is 2. The number of hydrogen-bond donors (Lipinski definition) is 1. The number of thiazole rings is 1. The van der Waals surface area contributed by atoms with Crippen LogP contribution in [-0.2, 0) is 13.0 Å². The van der Waals surface area contributed by atoms with Crippen molar-refractivity contribution in [2.45, 2.75) is 20.0 Å². The van der Waals surface area contributed by atoms with Gasteiger partial charge in [-0.05, 0) is 30.7 Å². The van der Waals surface area contributed by atoms with E-state index >= 15 is 0 Å².